The zero-order chi connectivity index (χ0) is 16.9. The van der Waals surface area contributed by atoms with E-state index in [9.17, 15) is 4.79 Å². The molecule has 0 radical (unpaired) electrons. The normalized spacial score (nSPS) is 10.4. The molecular formula is C18H17BrN4O. The van der Waals surface area contributed by atoms with Crippen LogP contribution in [0.4, 0.5) is 11.4 Å². The molecule has 0 fully saturated rings. The number of aryl methyl sites for hydroxylation is 1. The van der Waals surface area contributed by atoms with Gasteiger partial charge in [0.2, 0.25) is 5.91 Å². The maximum absolute atomic E-state index is 12.2. The highest BCUT2D eigenvalue weighted by Gasteiger charge is 2.08. The van der Waals surface area contributed by atoms with Gasteiger partial charge in [0.05, 0.1) is 17.9 Å². The number of hydrogen-bond acceptors (Lipinski definition) is 3. The van der Waals surface area contributed by atoms with Crippen molar-refractivity contribution in [1.82, 2.24) is 9.78 Å². The molecule has 6 heteroatoms. The molecule has 1 aromatic heterocycles. The van der Waals surface area contributed by atoms with E-state index in [1.165, 1.54) is 0 Å². The Hall–Kier alpha value is -2.60. The highest BCUT2D eigenvalue weighted by atomic mass is 79.9. The number of amides is 1. The molecule has 0 saturated heterocycles. The number of anilines is 2. The lowest BCUT2D eigenvalue weighted by Crippen LogP contribution is -2.22. The number of carbonyl (C=O) groups excluding carboxylic acids is 1. The molecule has 0 saturated carbocycles. The van der Waals surface area contributed by atoms with Crippen molar-refractivity contribution < 1.29 is 4.79 Å². The average molecular weight is 385 g/mol. The molecule has 1 amide bonds. The van der Waals surface area contributed by atoms with Gasteiger partial charge in [0.25, 0.3) is 0 Å². The van der Waals surface area contributed by atoms with Crippen LogP contribution in [0.2, 0.25) is 0 Å². The van der Waals surface area contributed by atoms with Gasteiger partial charge in [-0.3, -0.25) is 4.79 Å². The van der Waals surface area contributed by atoms with E-state index in [0.29, 0.717) is 0 Å². The standard InChI is InChI=1S/C18H17BrN4O/c1-13-11-14(19)7-8-15(13)22-18(24)12-20-16-5-2-3-6-17(16)23-10-4-9-21-23/h2-11,20H,12H2,1H3,(H,22,24). The lowest BCUT2D eigenvalue weighted by molar-refractivity contribution is -0.114. The van der Waals surface area contributed by atoms with Crippen molar-refractivity contribution >= 4 is 33.2 Å². The fraction of sp³-hybridized carbons (Fsp3) is 0.111. The first kappa shape index (κ1) is 16.3. The van der Waals surface area contributed by atoms with Crippen LogP contribution in [0.5, 0.6) is 0 Å². The monoisotopic (exact) mass is 384 g/mol. The van der Waals surface area contributed by atoms with Crippen LogP contribution in [-0.2, 0) is 4.79 Å². The zero-order valence-corrected chi connectivity index (χ0v) is 14.7. The van der Waals surface area contributed by atoms with Crippen LogP contribution in [0.3, 0.4) is 0 Å². The molecule has 122 valence electrons. The van der Waals surface area contributed by atoms with E-state index in [1.54, 1.807) is 10.9 Å². The highest BCUT2D eigenvalue weighted by Crippen LogP contribution is 2.21. The van der Waals surface area contributed by atoms with Gasteiger partial charge in [-0.05, 0) is 48.9 Å². The Bertz CT molecular complexity index is 846. The van der Waals surface area contributed by atoms with Crippen molar-refractivity contribution in [3.8, 4) is 5.69 Å². The third kappa shape index (κ3) is 3.83. The summed E-state index contributed by atoms with van der Waals surface area (Å²) in [4.78, 5) is 12.2. The van der Waals surface area contributed by atoms with Gasteiger partial charge in [-0.2, -0.15) is 5.10 Å². The zero-order valence-electron chi connectivity index (χ0n) is 13.2. The van der Waals surface area contributed by atoms with E-state index in [-0.39, 0.29) is 12.5 Å². The van der Waals surface area contributed by atoms with Crippen LogP contribution in [-0.4, -0.2) is 22.2 Å². The molecule has 0 aliphatic rings. The molecular weight excluding hydrogens is 368 g/mol. The van der Waals surface area contributed by atoms with Crippen molar-refractivity contribution in [3.05, 3.63) is 71.0 Å². The Labute approximate surface area is 148 Å². The minimum atomic E-state index is -0.101. The van der Waals surface area contributed by atoms with Crippen LogP contribution in [0.1, 0.15) is 5.56 Å². The van der Waals surface area contributed by atoms with Crippen LogP contribution < -0.4 is 10.6 Å². The molecule has 2 aromatic carbocycles. The molecule has 0 aliphatic carbocycles. The van der Waals surface area contributed by atoms with Gasteiger partial charge in [-0.1, -0.05) is 28.1 Å². The number of benzene rings is 2. The minimum absolute atomic E-state index is 0.101. The number of carbonyl (C=O) groups is 1. The quantitative estimate of drug-likeness (QED) is 0.698. The van der Waals surface area contributed by atoms with Crippen LogP contribution in [0.25, 0.3) is 5.69 Å². The first-order chi connectivity index (χ1) is 11.6. The number of halogens is 1. The summed E-state index contributed by atoms with van der Waals surface area (Å²) in [6.07, 6.45) is 3.59. The number of nitrogens with zero attached hydrogens (tertiary/aromatic N) is 2. The van der Waals surface area contributed by atoms with E-state index in [1.807, 2.05) is 61.7 Å². The van der Waals surface area contributed by atoms with Gasteiger partial charge in [0, 0.05) is 22.6 Å². The summed E-state index contributed by atoms with van der Waals surface area (Å²) < 4.78 is 2.75. The second kappa shape index (κ2) is 7.31. The third-order valence-corrected chi connectivity index (χ3v) is 4.05. The lowest BCUT2D eigenvalue weighted by Gasteiger charge is -2.13. The van der Waals surface area contributed by atoms with E-state index in [4.69, 9.17) is 0 Å². The summed E-state index contributed by atoms with van der Waals surface area (Å²) in [6, 6.07) is 15.4. The third-order valence-electron chi connectivity index (χ3n) is 3.56. The predicted octanol–water partition coefficient (Wildman–Crippen LogP) is 3.99. The van der Waals surface area contributed by atoms with Crippen LogP contribution >= 0.6 is 15.9 Å². The molecule has 0 spiro atoms. The summed E-state index contributed by atoms with van der Waals surface area (Å²) in [5.41, 5.74) is 3.57. The van der Waals surface area contributed by atoms with Gasteiger partial charge in [-0.25, -0.2) is 4.68 Å². The fourth-order valence-corrected chi connectivity index (χ4v) is 2.85. The summed E-state index contributed by atoms with van der Waals surface area (Å²) >= 11 is 3.42. The second-order valence-electron chi connectivity index (χ2n) is 5.33. The van der Waals surface area contributed by atoms with Gasteiger partial charge in [-0.15, -0.1) is 0 Å². The first-order valence-corrected chi connectivity index (χ1v) is 8.32. The molecule has 3 aromatic rings. The molecule has 5 nitrogen and oxygen atoms in total. The summed E-state index contributed by atoms with van der Waals surface area (Å²) in [5.74, 6) is -0.101. The Kier molecular flexibility index (Phi) is 4.96. The Morgan fingerprint density at radius 3 is 2.75 bits per heavy atom. The van der Waals surface area contributed by atoms with Crippen LogP contribution in [0.15, 0.2) is 65.4 Å². The number of para-hydroxylation sites is 2. The molecule has 2 N–H and O–H groups in total. The maximum Gasteiger partial charge on any atom is 0.243 e. The SMILES string of the molecule is Cc1cc(Br)ccc1NC(=O)CNc1ccccc1-n1cccn1. The molecule has 0 bridgehead atoms. The summed E-state index contributed by atoms with van der Waals surface area (Å²) in [6.45, 7) is 2.13. The summed E-state index contributed by atoms with van der Waals surface area (Å²) in [7, 11) is 0. The number of rotatable bonds is 5. The summed E-state index contributed by atoms with van der Waals surface area (Å²) in [5, 5.41) is 10.3. The fourth-order valence-electron chi connectivity index (χ4n) is 2.37. The number of aromatic nitrogens is 2. The highest BCUT2D eigenvalue weighted by molar-refractivity contribution is 9.10. The smallest absolute Gasteiger partial charge is 0.243 e. The lowest BCUT2D eigenvalue weighted by atomic mass is 10.2. The predicted molar refractivity (Wildman–Crippen MR) is 99.6 cm³/mol. The van der Waals surface area contributed by atoms with Gasteiger partial charge in [0.15, 0.2) is 0 Å². The first-order valence-electron chi connectivity index (χ1n) is 7.52. The van der Waals surface area contributed by atoms with E-state index >= 15 is 0 Å². The number of nitrogens with one attached hydrogen (secondary N) is 2. The Morgan fingerprint density at radius 2 is 2.00 bits per heavy atom. The molecule has 3 rings (SSSR count). The van der Waals surface area contributed by atoms with Crippen molar-refractivity contribution in [2.24, 2.45) is 0 Å². The van der Waals surface area contributed by atoms with Crippen molar-refractivity contribution in [2.45, 2.75) is 6.92 Å². The van der Waals surface area contributed by atoms with Crippen molar-refractivity contribution in [1.29, 1.82) is 0 Å². The van der Waals surface area contributed by atoms with Gasteiger partial charge < -0.3 is 10.6 Å². The van der Waals surface area contributed by atoms with Gasteiger partial charge >= 0.3 is 0 Å². The molecule has 1 heterocycles. The average Bonchev–Trinajstić information content (AvgIpc) is 3.10. The minimum Gasteiger partial charge on any atom is -0.374 e. The second-order valence-corrected chi connectivity index (χ2v) is 6.24. The molecule has 0 atom stereocenters. The van der Waals surface area contributed by atoms with E-state index in [0.717, 1.165) is 27.1 Å². The van der Waals surface area contributed by atoms with Crippen molar-refractivity contribution in [3.63, 3.8) is 0 Å². The molecule has 0 unspecified atom stereocenters. The van der Waals surface area contributed by atoms with Crippen LogP contribution in [0, 0.1) is 6.92 Å². The maximum atomic E-state index is 12.2. The topological polar surface area (TPSA) is 59.0 Å². The van der Waals surface area contributed by atoms with Crippen molar-refractivity contribution in [2.75, 3.05) is 17.2 Å². The van der Waals surface area contributed by atoms with E-state index in [2.05, 4.69) is 31.7 Å². The Balaban J connectivity index is 1.67. The van der Waals surface area contributed by atoms with Gasteiger partial charge in [0.1, 0.15) is 0 Å². The molecule has 24 heavy (non-hydrogen) atoms. The van der Waals surface area contributed by atoms with E-state index < -0.39 is 0 Å². The molecule has 0 aliphatic heterocycles. The number of hydrogen-bond donors (Lipinski definition) is 2. The Morgan fingerprint density at radius 1 is 1.17 bits per heavy atom. The largest absolute Gasteiger partial charge is 0.374 e.